The van der Waals surface area contributed by atoms with Gasteiger partial charge in [0.05, 0.1) is 17.7 Å². The SMILES string of the molecule is Cc1oc2ccc(OCc3ccc4nccn4c3)cc2c1C(=O)NC1(CO)CCOCC1. The quantitative estimate of drug-likeness (QED) is 0.483. The molecule has 1 aromatic carbocycles. The van der Waals surface area contributed by atoms with Crippen LogP contribution in [0.5, 0.6) is 5.75 Å². The molecule has 4 heterocycles. The number of aliphatic hydroxyl groups excluding tert-OH is 1. The fourth-order valence-electron chi connectivity index (χ4n) is 4.18. The fourth-order valence-corrected chi connectivity index (χ4v) is 4.18. The van der Waals surface area contributed by atoms with Gasteiger partial charge in [-0.05, 0) is 44.0 Å². The number of nitrogens with one attached hydrogen (secondary N) is 1. The number of hydrogen-bond donors (Lipinski definition) is 2. The first-order valence-electron chi connectivity index (χ1n) is 10.7. The van der Waals surface area contributed by atoms with E-state index in [0.29, 0.717) is 60.7 Å². The minimum absolute atomic E-state index is 0.132. The van der Waals surface area contributed by atoms with Crippen LogP contribution in [0.1, 0.15) is 34.5 Å². The molecular formula is C24H25N3O5. The molecule has 0 unspecified atom stereocenters. The number of furan rings is 1. The number of benzene rings is 1. The molecule has 0 spiro atoms. The van der Waals surface area contributed by atoms with Gasteiger partial charge in [-0.1, -0.05) is 6.07 Å². The Hall–Kier alpha value is -3.36. The number of pyridine rings is 1. The van der Waals surface area contributed by atoms with Crippen molar-refractivity contribution in [2.45, 2.75) is 31.9 Å². The molecule has 1 fully saturated rings. The van der Waals surface area contributed by atoms with Crippen LogP contribution in [0.2, 0.25) is 0 Å². The molecule has 32 heavy (non-hydrogen) atoms. The van der Waals surface area contributed by atoms with Gasteiger partial charge in [0.1, 0.15) is 29.3 Å². The van der Waals surface area contributed by atoms with Crippen LogP contribution in [-0.4, -0.2) is 45.8 Å². The summed E-state index contributed by atoms with van der Waals surface area (Å²) in [5, 5.41) is 13.6. The van der Waals surface area contributed by atoms with E-state index in [9.17, 15) is 9.90 Å². The van der Waals surface area contributed by atoms with Crippen molar-refractivity contribution in [1.29, 1.82) is 0 Å². The van der Waals surface area contributed by atoms with E-state index in [2.05, 4.69) is 10.3 Å². The highest BCUT2D eigenvalue weighted by Gasteiger charge is 2.35. The van der Waals surface area contributed by atoms with Gasteiger partial charge in [-0.3, -0.25) is 4.79 Å². The second-order valence-electron chi connectivity index (χ2n) is 8.21. The largest absolute Gasteiger partial charge is 0.489 e. The Kier molecular flexibility index (Phi) is 5.32. The molecule has 1 amide bonds. The summed E-state index contributed by atoms with van der Waals surface area (Å²) in [4.78, 5) is 17.4. The summed E-state index contributed by atoms with van der Waals surface area (Å²) >= 11 is 0. The number of nitrogens with zero attached hydrogens (tertiary/aromatic N) is 2. The molecule has 8 heteroatoms. The third-order valence-corrected chi connectivity index (χ3v) is 6.05. The lowest BCUT2D eigenvalue weighted by molar-refractivity contribution is 0.0125. The van der Waals surface area contributed by atoms with Gasteiger partial charge in [0, 0.05) is 42.8 Å². The highest BCUT2D eigenvalue weighted by Crippen LogP contribution is 2.30. The molecule has 166 valence electrons. The number of imidazole rings is 1. The number of carbonyl (C=O) groups is 1. The third kappa shape index (κ3) is 3.83. The number of aryl methyl sites for hydroxylation is 1. The van der Waals surface area contributed by atoms with Crippen LogP contribution in [0.4, 0.5) is 0 Å². The molecular weight excluding hydrogens is 410 g/mol. The number of rotatable bonds is 6. The predicted octanol–water partition coefficient (Wildman–Crippen LogP) is 3.24. The number of ether oxygens (including phenoxy) is 2. The maximum absolute atomic E-state index is 13.2. The zero-order chi connectivity index (χ0) is 22.1. The van der Waals surface area contributed by atoms with Crippen LogP contribution in [0.3, 0.4) is 0 Å². The summed E-state index contributed by atoms with van der Waals surface area (Å²) in [7, 11) is 0. The first-order chi connectivity index (χ1) is 15.6. The first kappa shape index (κ1) is 20.5. The molecule has 2 N–H and O–H groups in total. The average Bonchev–Trinajstić information content (AvgIpc) is 3.40. The van der Waals surface area contributed by atoms with E-state index in [4.69, 9.17) is 13.9 Å². The van der Waals surface area contributed by atoms with Crippen molar-refractivity contribution in [1.82, 2.24) is 14.7 Å². The van der Waals surface area contributed by atoms with Crippen molar-refractivity contribution in [2.75, 3.05) is 19.8 Å². The molecule has 0 aliphatic carbocycles. The van der Waals surface area contributed by atoms with Gasteiger partial charge in [0.2, 0.25) is 0 Å². The molecule has 1 aliphatic rings. The van der Waals surface area contributed by atoms with Crippen molar-refractivity contribution in [3.8, 4) is 5.75 Å². The van der Waals surface area contributed by atoms with Gasteiger partial charge in [-0.2, -0.15) is 0 Å². The lowest BCUT2D eigenvalue weighted by Gasteiger charge is -2.36. The molecule has 5 rings (SSSR count). The summed E-state index contributed by atoms with van der Waals surface area (Å²) in [5.41, 5.74) is 2.28. The Balaban J connectivity index is 1.38. The van der Waals surface area contributed by atoms with Crippen LogP contribution < -0.4 is 10.1 Å². The zero-order valence-electron chi connectivity index (χ0n) is 17.8. The Bertz CT molecular complexity index is 1270. The van der Waals surface area contributed by atoms with Gasteiger partial charge in [0.15, 0.2) is 0 Å². The minimum atomic E-state index is -0.675. The number of fused-ring (bicyclic) bond motifs is 2. The summed E-state index contributed by atoms with van der Waals surface area (Å²) in [6.45, 7) is 3.03. The van der Waals surface area contributed by atoms with Gasteiger partial charge in [-0.25, -0.2) is 4.98 Å². The lowest BCUT2D eigenvalue weighted by Crippen LogP contribution is -2.54. The van der Waals surface area contributed by atoms with Crippen molar-refractivity contribution < 1.29 is 23.8 Å². The molecule has 0 atom stereocenters. The first-order valence-corrected chi connectivity index (χ1v) is 10.7. The molecule has 4 aromatic rings. The smallest absolute Gasteiger partial charge is 0.255 e. The summed E-state index contributed by atoms with van der Waals surface area (Å²) in [6.07, 6.45) is 6.76. The highest BCUT2D eigenvalue weighted by molar-refractivity contribution is 6.07. The number of aliphatic hydroxyl groups is 1. The molecule has 0 saturated carbocycles. The third-order valence-electron chi connectivity index (χ3n) is 6.05. The number of amides is 1. The van der Waals surface area contributed by atoms with E-state index in [0.717, 1.165) is 11.2 Å². The van der Waals surface area contributed by atoms with Crippen molar-refractivity contribution in [3.63, 3.8) is 0 Å². The van der Waals surface area contributed by atoms with Crippen molar-refractivity contribution in [2.24, 2.45) is 0 Å². The molecule has 0 radical (unpaired) electrons. The normalized spacial score (nSPS) is 15.8. The number of carbonyl (C=O) groups excluding carboxylic acids is 1. The molecule has 8 nitrogen and oxygen atoms in total. The van der Waals surface area contributed by atoms with Crippen LogP contribution >= 0.6 is 0 Å². The number of hydrogen-bond acceptors (Lipinski definition) is 6. The van der Waals surface area contributed by atoms with Gasteiger partial charge in [0.25, 0.3) is 5.91 Å². The monoisotopic (exact) mass is 435 g/mol. The zero-order valence-corrected chi connectivity index (χ0v) is 17.8. The van der Waals surface area contributed by atoms with Gasteiger partial charge in [-0.15, -0.1) is 0 Å². The maximum Gasteiger partial charge on any atom is 0.255 e. The van der Waals surface area contributed by atoms with E-state index in [1.165, 1.54) is 0 Å². The molecule has 3 aromatic heterocycles. The average molecular weight is 435 g/mol. The standard InChI is InChI=1S/C24H25N3O5/c1-16-22(23(29)26-24(15-28)6-10-30-11-7-24)19-12-18(3-4-20(19)32-16)31-14-17-2-5-21-25-8-9-27(21)13-17/h2-5,8-9,12-13,28H,6-7,10-11,14-15H2,1H3,(H,26,29). The summed E-state index contributed by atoms with van der Waals surface area (Å²) in [5.74, 6) is 0.904. The second kappa shape index (κ2) is 8.29. The topological polar surface area (TPSA) is 98.2 Å². The van der Waals surface area contributed by atoms with E-state index in [1.54, 1.807) is 13.1 Å². The molecule has 0 bridgehead atoms. The Morgan fingerprint density at radius 2 is 2.12 bits per heavy atom. The second-order valence-corrected chi connectivity index (χ2v) is 8.21. The molecule has 1 saturated heterocycles. The lowest BCUT2D eigenvalue weighted by atomic mass is 9.90. The molecule has 1 aliphatic heterocycles. The Morgan fingerprint density at radius 3 is 2.94 bits per heavy atom. The van der Waals surface area contributed by atoms with E-state index in [1.807, 2.05) is 47.1 Å². The van der Waals surface area contributed by atoms with E-state index >= 15 is 0 Å². The van der Waals surface area contributed by atoms with Crippen molar-refractivity contribution in [3.05, 3.63) is 65.8 Å². The highest BCUT2D eigenvalue weighted by atomic mass is 16.5. The van der Waals surface area contributed by atoms with Crippen LogP contribution in [-0.2, 0) is 11.3 Å². The fraction of sp³-hybridized carbons (Fsp3) is 0.333. The Labute approximate surface area is 184 Å². The van der Waals surface area contributed by atoms with Gasteiger partial charge >= 0.3 is 0 Å². The number of aromatic nitrogens is 2. The summed E-state index contributed by atoms with van der Waals surface area (Å²) in [6, 6.07) is 9.38. The minimum Gasteiger partial charge on any atom is -0.489 e. The van der Waals surface area contributed by atoms with Crippen molar-refractivity contribution >= 4 is 22.5 Å². The van der Waals surface area contributed by atoms with Crippen LogP contribution in [0, 0.1) is 6.92 Å². The Morgan fingerprint density at radius 1 is 1.28 bits per heavy atom. The summed E-state index contributed by atoms with van der Waals surface area (Å²) < 4.78 is 19.1. The van der Waals surface area contributed by atoms with Gasteiger partial charge < -0.3 is 28.7 Å². The van der Waals surface area contributed by atoms with E-state index in [-0.39, 0.29) is 12.5 Å². The van der Waals surface area contributed by atoms with Crippen LogP contribution in [0.15, 0.2) is 53.3 Å². The predicted molar refractivity (Wildman–Crippen MR) is 118 cm³/mol. The maximum atomic E-state index is 13.2. The van der Waals surface area contributed by atoms with Crippen LogP contribution in [0.25, 0.3) is 16.6 Å². The van der Waals surface area contributed by atoms with E-state index < -0.39 is 5.54 Å².